The van der Waals surface area contributed by atoms with E-state index in [0.717, 1.165) is 37.1 Å². The van der Waals surface area contributed by atoms with Crippen molar-refractivity contribution >= 4 is 11.9 Å². The maximum atomic E-state index is 12.5. The molecule has 1 saturated heterocycles. The zero-order valence-corrected chi connectivity index (χ0v) is 11.9. The maximum Gasteiger partial charge on any atom is 0.331 e. The SMILES string of the molecule is O=C(O)C1c2ccccc2CCN1C(=O)CC1CCNC1. The molecule has 0 saturated carbocycles. The quantitative estimate of drug-likeness (QED) is 0.877. The Labute approximate surface area is 123 Å². The van der Waals surface area contributed by atoms with Gasteiger partial charge in [0.15, 0.2) is 6.04 Å². The summed E-state index contributed by atoms with van der Waals surface area (Å²) in [5.74, 6) is -0.644. The number of carbonyl (C=O) groups is 2. The highest BCUT2D eigenvalue weighted by Crippen LogP contribution is 2.31. The standard InChI is InChI=1S/C16H20N2O3/c19-14(9-11-5-7-17-10-11)18-8-6-12-3-1-2-4-13(12)15(18)16(20)21/h1-4,11,15,17H,5-10H2,(H,20,21). The number of rotatable bonds is 3. The van der Waals surface area contributed by atoms with Crippen LogP contribution in [0.3, 0.4) is 0 Å². The van der Waals surface area contributed by atoms with Gasteiger partial charge in [-0.1, -0.05) is 24.3 Å². The van der Waals surface area contributed by atoms with Crippen LogP contribution >= 0.6 is 0 Å². The molecule has 0 spiro atoms. The first-order chi connectivity index (χ1) is 10.2. The Morgan fingerprint density at radius 3 is 2.86 bits per heavy atom. The predicted molar refractivity (Wildman–Crippen MR) is 77.8 cm³/mol. The van der Waals surface area contributed by atoms with Gasteiger partial charge in [0.25, 0.3) is 0 Å². The Kier molecular flexibility index (Phi) is 3.92. The van der Waals surface area contributed by atoms with Gasteiger partial charge in [-0.25, -0.2) is 4.79 Å². The van der Waals surface area contributed by atoms with E-state index >= 15 is 0 Å². The van der Waals surface area contributed by atoms with Crippen LogP contribution in [0.2, 0.25) is 0 Å². The van der Waals surface area contributed by atoms with Gasteiger partial charge in [-0.15, -0.1) is 0 Å². The molecule has 21 heavy (non-hydrogen) atoms. The van der Waals surface area contributed by atoms with Crippen LogP contribution in [0.5, 0.6) is 0 Å². The number of benzene rings is 1. The number of fused-ring (bicyclic) bond motifs is 1. The number of nitrogens with one attached hydrogen (secondary N) is 1. The van der Waals surface area contributed by atoms with Crippen molar-refractivity contribution in [2.75, 3.05) is 19.6 Å². The minimum atomic E-state index is -0.944. The Morgan fingerprint density at radius 2 is 2.14 bits per heavy atom. The molecule has 2 aliphatic heterocycles. The average molecular weight is 288 g/mol. The van der Waals surface area contributed by atoms with Crippen molar-refractivity contribution in [3.8, 4) is 0 Å². The Balaban J connectivity index is 1.81. The van der Waals surface area contributed by atoms with E-state index in [1.807, 2.05) is 24.3 Å². The smallest absolute Gasteiger partial charge is 0.331 e. The van der Waals surface area contributed by atoms with E-state index in [1.54, 1.807) is 4.90 Å². The van der Waals surface area contributed by atoms with Gasteiger partial charge in [0.2, 0.25) is 5.91 Å². The second-order valence-corrected chi connectivity index (χ2v) is 5.84. The molecule has 1 amide bonds. The van der Waals surface area contributed by atoms with Gasteiger partial charge in [0.05, 0.1) is 0 Å². The van der Waals surface area contributed by atoms with Gasteiger partial charge < -0.3 is 15.3 Å². The van der Waals surface area contributed by atoms with Crippen LogP contribution < -0.4 is 5.32 Å². The molecule has 2 unspecified atom stereocenters. The third-order valence-electron chi connectivity index (χ3n) is 4.46. The fourth-order valence-corrected chi connectivity index (χ4v) is 3.35. The monoisotopic (exact) mass is 288 g/mol. The average Bonchev–Trinajstić information content (AvgIpc) is 2.98. The second-order valence-electron chi connectivity index (χ2n) is 5.84. The van der Waals surface area contributed by atoms with Crippen LogP contribution in [0.4, 0.5) is 0 Å². The minimum absolute atomic E-state index is 0.0365. The summed E-state index contributed by atoms with van der Waals surface area (Å²) in [5.41, 5.74) is 1.80. The molecule has 1 fully saturated rings. The lowest BCUT2D eigenvalue weighted by Crippen LogP contribution is -2.44. The molecule has 2 aliphatic rings. The van der Waals surface area contributed by atoms with Gasteiger partial charge in [-0.2, -0.15) is 0 Å². The highest BCUT2D eigenvalue weighted by Gasteiger charge is 2.36. The molecule has 0 aliphatic carbocycles. The first kappa shape index (κ1) is 14.1. The van der Waals surface area contributed by atoms with E-state index in [9.17, 15) is 14.7 Å². The Hall–Kier alpha value is -1.88. The summed E-state index contributed by atoms with van der Waals surface area (Å²) >= 11 is 0. The fourth-order valence-electron chi connectivity index (χ4n) is 3.35. The van der Waals surface area contributed by atoms with Crippen LogP contribution in [0, 0.1) is 5.92 Å². The first-order valence-corrected chi connectivity index (χ1v) is 7.47. The highest BCUT2D eigenvalue weighted by atomic mass is 16.4. The third kappa shape index (κ3) is 2.78. The number of nitrogens with zero attached hydrogens (tertiary/aromatic N) is 1. The van der Waals surface area contributed by atoms with Crippen LogP contribution in [0.1, 0.15) is 30.0 Å². The molecule has 112 valence electrons. The van der Waals surface area contributed by atoms with E-state index in [1.165, 1.54) is 0 Å². The molecular weight excluding hydrogens is 268 g/mol. The third-order valence-corrected chi connectivity index (χ3v) is 4.46. The summed E-state index contributed by atoms with van der Waals surface area (Å²) in [5, 5.41) is 12.8. The molecule has 1 aromatic rings. The summed E-state index contributed by atoms with van der Waals surface area (Å²) in [6, 6.07) is 6.69. The van der Waals surface area contributed by atoms with Gasteiger partial charge in [0.1, 0.15) is 0 Å². The number of carbonyl (C=O) groups excluding carboxylic acids is 1. The van der Waals surface area contributed by atoms with E-state index in [4.69, 9.17) is 0 Å². The predicted octanol–water partition coefficient (Wildman–Crippen LogP) is 1.20. The zero-order valence-electron chi connectivity index (χ0n) is 11.9. The van der Waals surface area contributed by atoms with Crippen molar-refractivity contribution in [3.63, 3.8) is 0 Å². The number of aliphatic carboxylic acids is 1. The van der Waals surface area contributed by atoms with Crippen molar-refractivity contribution < 1.29 is 14.7 Å². The lowest BCUT2D eigenvalue weighted by molar-refractivity contribution is -0.151. The van der Waals surface area contributed by atoms with Crippen molar-refractivity contribution in [1.29, 1.82) is 0 Å². The molecule has 5 nitrogen and oxygen atoms in total. The topological polar surface area (TPSA) is 69.6 Å². The summed E-state index contributed by atoms with van der Waals surface area (Å²) < 4.78 is 0. The molecule has 5 heteroatoms. The van der Waals surface area contributed by atoms with E-state index < -0.39 is 12.0 Å². The van der Waals surface area contributed by atoms with Crippen molar-refractivity contribution in [3.05, 3.63) is 35.4 Å². The largest absolute Gasteiger partial charge is 0.479 e. The Morgan fingerprint density at radius 1 is 1.33 bits per heavy atom. The number of hydrogen-bond donors (Lipinski definition) is 2. The van der Waals surface area contributed by atoms with Gasteiger partial charge in [-0.05, 0) is 43.0 Å². The molecule has 2 N–H and O–H groups in total. The molecule has 3 rings (SSSR count). The summed E-state index contributed by atoms with van der Waals surface area (Å²) in [6.07, 6.45) is 2.17. The van der Waals surface area contributed by atoms with E-state index in [0.29, 0.717) is 18.9 Å². The molecule has 1 aromatic carbocycles. The molecule has 0 radical (unpaired) electrons. The zero-order chi connectivity index (χ0) is 14.8. The van der Waals surface area contributed by atoms with Gasteiger partial charge in [-0.3, -0.25) is 4.79 Å². The van der Waals surface area contributed by atoms with Crippen LogP contribution in [-0.2, 0) is 16.0 Å². The van der Waals surface area contributed by atoms with Crippen molar-refractivity contribution in [2.45, 2.75) is 25.3 Å². The minimum Gasteiger partial charge on any atom is -0.479 e. The van der Waals surface area contributed by atoms with Gasteiger partial charge >= 0.3 is 5.97 Å². The lowest BCUT2D eigenvalue weighted by atomic mass is 9.91. The number of carboxylic acids is 1. The summed E-state index contributed by atoms with van der Waals surface area (Å²) in [4.78, 5) is 25.7. The number of amides is 1. The lowest BCUT2D eigenvalue weighted by Gasteiger charge is -2.35. The molecule has 2 heterocycles. The van der Waals surface area contributed by atoms with Gasteiger partial charge in [0, 0.05) is 13.0 Å². The Bertz CT molecular complexity index is 552. The van der Waals surface area contributed by atoms with E-state index in [-0.39, 0.29) is 5.91 Å². The van der Waals surface area contributed by atoms with Crippen LogP contribution in [0.15, 0.2) is 24.3 Å². The van der Waals surface area contributed by atoms with Crippen molar-refractivity contribution in [1.82, 2.24) is 10.2 Å². The molecule has 0 bridgehead atoms. The summed E-state index contributed by atoms with van der Waals surface area (Å²) in [6.45, 7) is 2.30. The second kappa shape index (κ2) is 5.85. The molecule has 2 atom stereocenters. The summed E-state index contributed by atoms with van der Waals surface area (Å²) in [7, 11) is 0. The van der Waals surface area contributed by atoms with Crippen LogP contribution in [-0.4, -0.2) is 41.5 Å². The fraction of sp³-hybridized carbons (Fsp3) is 0.500. The maximum absolute atomic E-state index is 12.5. The first-order valence-electron chi connectivity index (χ1n) is 7.47. The van der Waals surface area contributed by atoms with E-state index in [2.05, 4.69) is 5.32 Å². The number of hydrogen-bond acceptors (Lipinski definition) is 3. The molecule has 0 aromatic heterocycles. The number of carboxylic acid groups (broad SMARTS) is 1. The normalized spacial score (nSPS) is 24.7. The molecular formula is C16H20N2O3. The van der Waals surface area contributed by atoms with Crippen molar-refractivity contribution in [2.24, 2.45) is 5.92 Å². The van der Waals surface area contributed by atoms with Crippen LogP contribution in [0.25, 0.3) is 0 Å². The highest BCUT2D eigenvalue weighted by molar-refractivity contribution is 5.85.